The molecule has 1 aromatic heterocycles. The van der Waals surface area contributed by atoms with Crippen molar-refractivity contribution in [2.75, 3.05) is 26.8 Å². The Labute approximate surface area is 127 Å². The summed E-state index contributed by atoms with van der Waals surface area (Å²) in [5.74, 6) is -0.771. The molecule has 1 aliphatic rings. The standard InChI is InChI=1S/C14H20N2O4S/c1-9(2)11-15-6-10(21-11)12(17)16-5-4-14(7-16,8-20-3)13(18)19/h6,9H,4-5,7-8H2,1-3H3,(H,18,19). The summed E-state index contributed by atoms with van der Waals surface area (Å²) >= 11 is 1.38. The minimum Gasteiger partial charge on any atom is -0.481 e. The molecule has 1 N–H and O–H groups in total. The average Bonchev–Trinajstić information content (AvgIpc) is 3.06. The fourth-order valence-corrected chi connectivity index (χ4v) is 3.37. The molecular weight excluding hydrogens is 292 g/mol. The first-order chi connectivity index (χ1) is 9.89. The van der Waals surface area contributed by atoms with Gasteiger partial charge in [-0.1, -0.05) is 13.8 Å². The molecule has 1 fully saturated rings. The largest absolute Gasteiger partial charge is 0.481 e. The molecule has 21 heavy (non-hydrogen) atoms. The molecule has 0 aromatic carbocycles. The number of hydrogen-bond donors (Lipinski definition) is 1. The van der Waals surface area contributed by atoms with E-state index in [-0.39, 0.29) is 25.0 Å². The van der Waals surface area contributed by atoms with E-state index < -0.39 is 11.4 Å². The summed E-state index contributed by atoms with van der Waals surface area (Å²) in [5.41, 5.74) is -0.990. The number of rotatable bonds is 5. The molecule has 0 radical (unpaired) electrons. The third kappa shape index (κ3) is 3.08. The highest BCUT2D eigenvalue weighted by atomic mass is 32.1. The van der Waals surface area contributed by atoms with Crippen LogP contribution in [0.2, 0.25) is 0 Å². The lowest BCUT2D eigenvalue weighted by molar-refractivity contribution is -0.151. The Morgan fingerprint density at radius 3 is 2.81 bits per heavy atom. The van der Waals surface area contributed by atoms with Crippen molar-refractivity contribution in [3.8, 4) is 0 Å². The normalized spacial score (nSPS) is 22.0. The molecule has 0 aliphatic carbocycles. The van der Waals surface area contributed by atoms with Gasteiger partial charge < -0.3 is 14.7 Å². The number of methoxy groups -OCH3 is 1. The van der Waals surface area contributed by atoms with Crippen LogP contribution in [-0.2, 0) is 9.53 Å². The smallest absolute Gasteiger partial charge is 0.313 e. The predicted octanol–water partition coefficient (Wildman–Crippen LogP) is 1.83. The third-order valence-corrected chi connectivity index (χ3v) is 5.03. The zero-order valence-electron chi connectivity index (χ0n) is 12.5. The molecule has 116 valence electrons. The van der Waals surface area contributed by atoms with Crippen LogP contribution in [0.3, 0.4) is 0 Å². The van der Waals surface area contributed by atoms with E-state index >= 15 is 0 Å². The average molecular weight is 312 g/mol. The molecule has 1 saturated heterocycles. The van der Waals surface area contributed by atoms with E-state index in [1.54, 1.807) is 11.1 Å². The monoisotopic (exact) mass is 312 g/mol. The summed E-state index contributed by atoms with van der Waals surface area (Å²) in [5, 5.41) is 10.3. The van der Waals surface area contributed by atoms with Gasteiger partial charge in [-0.15, -0.1) is 11.3 Å². The van der Waals surface area contributed by atoms with Crippen molar-refractivity contribution >= 4 is 23.2 Å². The van der Waals surface area contributed by atoms with E-state index in [1.165, 1.54) is 18.4 Å². The van der Waals surface area contributed by atoms with Gasteiger partial charge in [0.1, 0.15) is 10.3 Å². The first-order valence-electron chi connectivity index (χ1n) is 6.87. The molecule has 1 amide bonds. The van der Waals surface area contributed by atoms with Crippen LogP contribution >= 0.6 is 11.3 Å². The Kier molecular flexibility index (Phi) is 4.63. The number of carbonyl (C=O) groups excluding carboxylic acids is 1. The zero-order chi connectivity index (χ0) is 15.6. The van der Waals surface area contributed by atoms with Gasteiger partial charge in [0.25, 0.3) is 5.91 Å². The second kappa shape index (κ2) is 6.11. The highest BCUT2D eigenvalue weighted by Gasteiger charge is 2.46. The van der Waals surface area contributed by atoms with Crippen LogP contribution in [0.4, 0.5) is 0 Å². The fourth-order valence-electron chi connectivity index (χ4n) is 2.49. The van der Waals surface area contributed by atoms with Gasteiger partial charge in [0, 0.05) is 26.1 Å². The summed E-state index contributed by atoms with van der Waals surface area (Å²) in [6.45, 7) is 4.79. The lowest BCUT2D eigenvalue weighted by Crippen LogP contribution is -2.40. The van der Waals surface area contributed by atoms with Crippen molar-refractivity contribution in [3.63, 3.8) is 0 Å². The number of likely N-dealkylation sites (tertiary alicyclic amines) is 1. The van der Waals surface area contributed by atoms with Gasteiger partial charge in [0.05, 0.1) is 17.8 Å². The van der Waals surface area contributed by atoms with Crippen molar-refractivity contribution in [2.45, 2.75) is 26.2 Å². The van der Waals surface area contributed by atoms with E-state index in [9.17, 15) is 14.7 Å². The SMILES string of the molecule is COCC1(C(=O)O)CCN(C(=O)c2cnc(C(C)C)s2)C1. The zero-order valence-corrected chi connectivity index (χ0v) is 13.3. The molecule has 7 heteroatoms. The van der Waals surface area contributed by atoms with E-state index in [0.717, 1.165) is 5.01 Å². The quantitative estimate of drug-likeness (QED) is 0.897. The summed E-state index contributed by atoms with van der Waals surface area (Å²) in [6.07, 6.45) is 2.00. The molecule has 0 spiro atoms. The van der Waals surface area contributed by atoms with Crippen molar-refractivity contribution in [3.05, 3.63) is 16.1 Å². The minimum absolute atomic E-state index is 0.117. The van der Waals surface area contributed by atoms with Crippen LogP contribution in [0.5, 0.6) is 0 Å². The van der Waals surface area contributed by atoms with Crippen LogP contribution in [0.15, 0.2) is 6.20 Å². The summed E-state index contributed by atoms with van der Waals surface area (Å²) in [4.78, 5) is 30.3. The first kappa shape index (κ1) is 15.9. The molecule has 0 saturated carbocycles. The van der Waals surface area contributed by atoms with Crippen molar-refractivity contribution in [1.82, 2.24) is 9.88 Å². The number of carboxylic acid groups (broad SMARTS) is 1. The van der Waals surface area contributed by atoms with Crippen molar-refractivity contribution in [1.29, 1.82) is 0 Å². The second-order valence-electron chi connectivity index (χ2n) is 5.71. The number of amides is 1. The van der Waals surface area contributed by atoms with Crippen molar-refractivity contribution < 1.29 is 19.4 Å². The van der Waals surface area contributed by atoms with E-state index in [2.05, 4.69) is 4.98 Å². The number of nitrogens with zero attached hydrogens (tertiary/aromatic N) is 2. The Morgan fingerprint density at radius 1 is 1.57 bits per heavy atom. The first-order valence-corrected chi connectivity index (χ1v) is 7.68. The highest BCUT2D eigenvalue weighted by Crippen LogP contribution is 2.33. The third-order valence-electron chi connectivity index (χ3n) is 3.74. The molecule has 1 unspecified atom stereocenters. The number of aromatic nitrogens is 1. The topological polar surface area (TPSA) is 79.7 Å². The van der Waals surface area contributed by atoms with Crippen LogP contribution in [0.25, 0.3) is 0 Å². The molecule has 2 heterocycles. The maximum atomic E-state index is 12.5. The molecule has 1 aromatic rings. The van der Waals surface area contributed by atoms with E-state index in [4.69, 9.17) is 4.74 Å². The Morgan fingerprint density at radius 2 is 2.29 bits per heavy atom. The maximum absolute atomic E-state index is 12.5. The Bertz CT molecular complexity index is 543. The van der Waals surface area contributed by atoms with Crippen LogP contribution in [-0.4, -0.2) is 53.7 Å². The van der Waals surface area contributed by atoms with Crippen LogP contribution < -0.4 is 0 Å². The molecule has 2 rings (SSSR count). The maximum Gasteiger partial charge on any atom is 0.313 e. The number of aliphatic carboxylic acids is 1. The lowest BCUT2D eigenvalue weighted by atomic mass is 9.88. The van der Waals surface area contributed by atoms with Gasteiger partial charge in [-0.3, -0.25) is 9.59 Å². The van der Waals surface area contributed by atoms with Gasteiger partial charge in [-0.25, -0.2) is 4.98 Å². The van der Waals surface area contributed by atoms with Crippen molar-refractivity contribution in [2.24, 2.45) is 5.41 Å². The van der Waals surface area contributed by atoms with E-state index in [1.807, 2.05) is 13.8 Å². The number of ether oxygens (including phenoxy) is 1. The van der Waals surface area contributed by atoms with Gasteiger partial charge in [-0.05, 0) is 6.42 Å². The Balaban J connectivity index is 2.12. The van der Waals surface area contributed by atoms with Gasteiger partial charge in [-0.2, -0.15) is 0 Å². The Hall–Kier alpha value is -1.47. The number of hydrogen-bond acceptors (Lipinski definition) is 5. The van der Waals surface area contributed by atoms with Crippen LogP contribution in [0.1, 0.15) is 40.9 Å². The predicted molar refractivity (Wildman–Crippen MR) is 78.7 cm³/mol. The van der Waals surface area contributed by atoms with E-state index in [0.29, 0.717) is 17.8 Å². The van der Waals surface area contributed by atoms with Crippen LogP contribution in [0, 0.1) is 5.41 Å². The molecule has 1 atom stereocenters. The summed E-state index contributed by atoms with van der Waals surface area (Å²) in [7, 11) is 1.48. The summed E-state index contributed by atoms with van der Waals surface area (Å²) < 4.78 is 5.03. The lowest BCUT2D eigenvalue weighted by Gasteiger charge is -2.23. The number of carbonyl (C=O) groups is 2. The number of thiazole rings is 1. The van der Waals surface area contributed by atoms with Gasteiger partial charge >= 0.3 is 5.97 Å². The minimum atomic E-state index is -0.990. The summed E-state index contributed by atoms with van der Waals surface area (Å²) in [6, 6.07) is 0. The number of carboxylic acids is 1. The molecular formula is C14H20N2O4S. The second-order valence-corrected chi connectivity index (χ2v) is 6.77. The molecule has 1 aliphatic heterocycles. The highest BCUT2D eigenvalue weighted by molar-refractivity contribution is 7.13. The van der Waals surface area contributed by atoms with Gasteiger partial charge in [0.2, 0.25) is 0 Å². The fraction of sp³-hybridized carbons (Fsp3) is 0.643. The molecule has 0 bridgehead atoms. The molecule has 6 nitrogen and oxygen atoms in total. The van der Waals surface area contributed by atoms with Gasteiger partial charge in [0.15, 0.2) is 0 Å².